The number of H-pyrrole nitrogens is 1. The topological polar surface area (TPSA) is 88.9 Å². The lowest BCUT2D eigenvalue weighted by molar-refractivity contribution is 0.0953. The van der Waals surface area contributed by atoms with Crippen molar-refractivity contribution in [3.63, 3.8) is 0 Å². The zero-order chi connectivity index (χ0) is 16.3. The van der Waals surface area contributed by atoms with Crippen molar-refractivity contribution in [1.82, 2.24) is 19.4 Å². The molecule has 0 radical (unpaired) electrons. The first kappa shape index (κ1) is 16.0. The van der Waals surface area contributed by atoms with E-state index in [1.807, 2.05) is 0 Å². The minimum Gasteiger partial charge on any atom is -0.356 e. The Balaban J connectivity index is 2.03. The average molecular weight is 367 g/mol. The van der Waals surface area contributed by atoms with E-state index in [4.69, 9.17) is 0 Å². The third-order valence-corrected chi connectivity index (χ3v) is 3.50. The van der Waals surface area contributed by atoms with Crippen LogP contribution in [0.2, 0.25) is 0 Å². The van der Waals surface area contributed by atoms with Crippen molar-refractivity contribution in [2.75, 3.05) is 6.54 Å². The lowest BCUT2D eigenvalue weighted by atomic mass is 10.3. The first-order chi connectivity index (χ1) is 10.4. The number of carbonyl (C=O) groups excluding carboxylic acids is 1. The van der Waals surface area contributed by atoms with Gasteiger partial charge in [-0.2, -0.15) is 0 Å². The van der Waals surface area contributed by atoms with Crippen molar-refractivity contribution >= 4 is 27.9 Å². The molecule has 2 N–H and O–H groups in total. The minimum absolute atomic E-state index is 0.247. The van der Waals surface area contributed by atoms with Crippen molar-refractivity contribution < 1.29 is 4.79 Å². The molecule has 0 aliphatic rings. The van der Waals surface area contributed by atoms with Crippen LogP contribution in [0.5, 0.6) is 0 Å². The third-order valence-electron chi connectivity index (χ3n) is 3.04. The maximum atomic E-state index is 11.9. The molecule has 0 saturated heterocycles. The van der Waals surface area contributed by atoms with Crippen LogP contribution in [-0.4, -0.2) is 26.6 Å². The number of aromatic nitrogens is 3. The van der Waals surface area contributed by atoms with Crippen LogP contribution in [0, 0.1) is 0 Å². The fraction of sp³-hybridized carbons (Fsp3) is 0.214. The van der Waals surface area contributed by atoms with Crippen molar-refractivity contribution in [3.05, 3.63) is 61.1 Å². The van der Waals surface area contributed by atoms with Gasteiger partial charge in [0.25, 0.3) is 11.5 Å². The van der Waals surface area contributed by atoms with E-state index < -0.39 is 0 Å². The lowest BCUT2D eigenvalue weighted by Crippen LogP contribution is -2.37. The molecular weight excluding hydrogens is 352 g/mol. The Hall–Kier alpha value is -2.35. The maximum Gasteiger partial charge on any atom is 0.330 e. The highest BCUT2D eigenvalue weighted by Crippen LogP contribution is 2.10. The summed E-state index contributed by atoms with van der Waals surface area (Å²) in [5.74, 6) is -0.247. The summed E-state index contributed by atoms with van der Waals surface area (Å²) in [7, 11) is 3.00. The highest BCUT2D eigenvalue weighted by atomic mass is 79.9. The standard InChI is InChI=1S/C14H15BrN4O3/c1-18-8-9(13(21)19(2)14(18)22)4-3-5-16-12(20)11-6-10(15)7-17-11/h3-4,6-8,17H,5H2,1-2H3,(H,16,20)/b4-3+. The van der Waals surface area contributed by atoms with E-state index in [-0.39, 0.29) is 23.7 Å². The van der Waals surface area contributed by atoms with E-state index >= 15 is 0 Å². The second-order valence-corrected chi connectivity index (χ2v) is 5.60. The lowest BCUT2D eigenvalue weighted by Gasteiger charge is -2.03. The molecule has 2 heterocycles. The maximum absolute atomic E-state index is 11.9. The second kappa shape index (κ2) is 6.61. The van der Waals surface area contributed by atoms with Crippen molar-refractivity contribution in [2.45, 2.75) is 0 Å². The van der Waals surface area contributed by atoms with E-state index in [0.29, 0.717) is 11.3 Å². The molecule has 1 amide bonds. The molecule has 0 fully saturated rings. The molecule has 0 bridgehead atoms. The molecule has 0 aliphatic carbocycles. The van der Waals surface area contributed by atoms with Gasteiger partial charge in [0.1, 0.15) is 5.69 Å². The molecule has 8 heteroatoms. The van der Waals surface area contributed by atoms with E-state index in [9.17, 15) is 14.4 Å². The van der Waals surface area contributed by atoms with Crippen LogP contribution >= 0.6 is 15.9 Å². The molecule has 0 saturated carbocycles. The molecule has 0 spiro atoms. The SMILES string of the molecule is Cn1cc(/C=C/CNC(=O)c2cc(Br)c[nH]2)c(=O)n(C)c1=O. The smallest absolute Gasteiger partial charge is 0.330 e. The van der Waals surface area contributed by atoms with Gasteiger partial charge in [-0.3, -0.25) is 14.2 Å². The van der Waals surface area contributed by atoms with Gasteiger partial charge >= 0.3 is 5.69 Å². The number of rotatable bonds is 4. The molecule has 2 aromatic rings. The molecule has 0 atom stereocenters. The molecule has 0 unspecified atom stereocenters. The highest BCUT2D eigenvalue weighted by molar-refractivity contribution is 9.10. The first-order valence-electron chi connectivity index (χ1n) is 6.45. The van der Waals surface area contributed by atoms with Crippen LogP contribution in [-0.2, 0) is 14.1 Å². The number of carbonyl (C=O) groups is 1. The number of halogens is 1. The Kier molecular flexibility index (Phi) is 4.81. The third kappa shape index (κ3) is 3.45. The van der Waals surface area contributed by atoms with Gasteiger partial charge in [0, 0.05) is 37.5 Å². The van der Waals surface area contributed by atoms with Gasteiger partial charge in [-0.25, -0.2) is 4.79 Å². The Bertz CT molecular complexity index is 845. The number of aromatic amines is 1. The molecule has 22 heavy (non-hydrogen) atoms. The summed E-state index contributed by atoms with van der Waals surface area (Å²) in [6, 6.07) is 1.67. The Morgan fingerprint density at radius 3 is 2.77 bits per heavy atom. The second-order valence-electron chi connectivity index (χ2n) is 4.69. The summed E-state index contributed by atoms with van der Waals surface area (Å²) in [5.41, 5.74) is 0.0616. The number of hydrogen-bond donors (Lipinski definition) is 2. The summed E-state index contributed by atoms with van der Waals surface area (Å²) in [6.45, 7) is 0.265. The summed E-state index contributed by atoms with van der Waals surface area (Å²) in [6.07, 6.45) is 6.35. The quantitative estimate of drug-likeness (QED) is 0.830. The number of nitrogens with zero attached hydrogens (tertiary/aromatic N) is 2. The largest absolute Gasteiger partial charge is 0.356 e. The van der Waals surface area contributed by atoms with Gasteiger partial charge in [0.2, 0.25) is 0 Å². The number of amides is 1. The average Bonchev–Trinajstić information content (AvgIpc) is 2.92. The van der Waals surface area contributed by atoms with Crippen molar-refractivity contribution in [1.29, 1.82) is 0 Å². The molecule has 2 rings (SSSR count). The van der Waals surface area contributed by atoms with Gasteiger partial charge in [-0.05, 0) is 22.0 Å². The van der Waals surface area contributed by atoms with E-state index in [1.54, 1.807) is 31.5 Å². The van der Waals surface area contributed by atoms with Crippen LogP contribution in [0.4, 0.5) is 0 Å². The summed E-state index contributed by atoms with van der Waals surface area (Å²) in [5, 5.41) is 2.69. The molecule has 0 aliphatic heterocycles. The van der Waals surface area contributed by atoms with Crippen LogP contribution in [0.15, 0.2) is 38.6 Å². The Morgan fingerprint density at radius 2 is 2.14 bits per heavy atom. The minimum atomic E-state index is -0.382. The normalized spacial score (nSPS) is 11.0. The summed E-state index contributed by atoms with van der Waals surface area (Å²) < 4.78 is 3.16. The zero-order valence-corrected chi connectivity index (χ0v) is 13.7. The van der Waals surface area contributed by atoms with Crippen LogP contribution in [0.1, 0.15) is 16.1 Å². The predicted octanol–water partition coefficient (Wildman–Crippen LogP) is 0.618. The first-order valence-corrected chi connectivity index (χ1v) is 7.24. The predicted molar refractivity (Wildman–Crippen MR) is 86.8 cm³/mol. The fourth-order valence-corrected chi connectivity index (χ4v) is 2.23. The van der Waals surface area contributed by atoms with E-state index in [1.165, 1.54) is 17.8 Å². The van der Waals surface area contributed by atoms with E-state index in [2.05, 4.69) is 26.2 Å². The van der Waals surface area contributed by atoms with E-state index in [0.717, 1.165) is 9.04 Å². The van der Waals surface area contributed by atoms with Gasteiger partial charge in [0.15, 0.2) is 0 Å². The molecule has 7 nitrogen and oxygen atoms in total. The summed E-state index contributed by atoms with van der Waals surface area (Å²) >= 11 is 3.25. The van der Waals surface area contributed by atoms with Gasteiger partial charge in [0.05, 0.1) is 5.56 Å². The van der Waals surface area contributed by atoms with Crippen LogP contribution in [0.3, 0.4) is 0 Å². The van der Waals surface area contributed by atoms with Crippen molar-refractivity contribution in [2.24, 2.45) is 14.1 Å². The molecule has 2 aromatic heterocycles. The summed E-state index contributed by atoms with van der Waals surface area (Å²) in [4.78, 5) is 38.1. The Morgan fingerprint density at radius 1 is 1.41 bits per heavy atom. The van der Waals surface area contributed by atoms with Gasteiger partial charge < -0.3 is 14.9 Å². The Labute approximate surface area is 134 Å². The van der Waals surface area contributed by atoms with Crippen molar-refractivity contribution in [3.8, 4) is 0 Å². The van der Waals surface area contributed by atoms with Crippen LogP contribution < -0.4 is 16.6 Å². The zero-order valence-electron chi connectivity index (χ0n) is 12.1. The monoisotopic (exact) mass is 366 g/mol. The van der Waals surface area contributed by atoms with Gasteiger partial charge in [-0.1, -0.05) is 12.2 Å². The number of nitrogens with one attached hydrogen (secondary N) is 2. The van der Waals surface area contributed by atoms with Crippen LogP contribution in [0.25, 0.3) is 6.08 Å². The molecule has 0 aromatic carbocycles. The molecule has 116 valence electrons. The number of aryl methyl sites for hydroxylation is 1. The fourth-order valence-electron chi connectivity index (χ4n) is 1.88. The highest BCUT2D eigenvalue weighted by Gasteiger charge is 2.06. The number of hydrogen-bond acceptors (Lipinski definition) is 3. The molecular formula is C14H15BrN4O3. The van der Waals surface area contributed by atoms with Gasteiger partial charge in [-0.15, -0.1) is 0 Å².